The minimum atomic E-state index is -0.307. The molecule has 7 heteroatoms. The first-order chi connectivity index (χ1) is 8.15. The van der Waals surface area contributed by atoms with Gasteiger partial charge in [0.05, 0.1) is 0 Å². The van der Waals surface area contributed by atoms with Crippen LogP contribution in [0.5, 0.6) is 0 Å². The number of anilines is 1. The predicted molar refractivity (Wildman–Crippen MR) is 65.6 cm³/mol. The van der Waals surface area contributed by atoms with Crippen molar-refractivity contribution < 1.29 is 0 Å². The molecule has 0 aromatic carbocycles. The van der Waals surface area contributed by atoms with Crippen LogP contribution < -0.4 is 17.0 Å². The van der Waals surface area contributed by atoms with E-state index in [1.807, 2.05) is 0 Å². The molecule has 0 saturated heterocycles. The fourth-order valence-corrected chi connectivity index (χ4v) is 1.85. The second kappa shape index (κ2) is 4.54. The first-order valence-corrected chi connectivity index (χ1v) is 5.61. The second-order valence-corrected chi connectivity index (χ2v) is 3.99. The minimum Gasteiger partial charge on any atom is -0.369 e. The zero-order valence-electron chi connectivity index (χ0n) is 9.66. The van der Waals surface area contributed by atoms with Crippen molar-refractivity contribution in [3.05, 3.63) is 16.2 Å². The minimum absolute atomic E-state index is 0.0698. The number of fused-ring (bicyclic) bond motifs is 1. The number of nitrogens with one attached hydrogen (secondary N) is 2. The molecule has 0 saturated carbocycles. The Kier molecular flexibility index (Phi) is 3.10. The van der Waals surface area contributed by atoms with E-state index >= 15 is 0 Å². The average molecular weight is 236 g/mol. The van der Waals surface area contributed by atoms with Crippen LogP contribution in [0.2, 0.25) is 0 Å². The van der Waals surface area contributed by atoms with Crippen LogP contribution >= 0.6 is 0 Å². The topological polar surface area (TPSA) is 126 Å². The summed E-state index contributed by atoms with van der Waals surface area (Å²) in [4.78, 5) is 25.3. The molecule has 1 atom stereocenters. The normalized spacial score (nSPS) is 13.1. The highest BCUT2D eigenvalue weighted by Crippen LogP contribution is 2.18. The van der Waals surface area contributed by atoms with E-state index in [0.29, 0.717) is 23.5 Å². The van der Waals surface area contributed by atoms with Crippen molar-refractivity contribution in [1.29, 1.82) is 0 Å². The Morgan fingerprint density at radius 3 is 2.76 bits per heavy atom. The van der Waals surface area contributed by atoms with Gasteiger partial charge in [0, 0.05) is 12.5 Å². The van der Waals surface area contributed by atoms with Crippen LogP contribution in [-0.4, -0.2) is 26.5 Å². The Labute approximate surface area is 97.6 Å². The molecule has 7 nitrogen and oxygen atoms in total. The SMILES string of the molecule is CCCC(CN)c1nc2nc(N)[nH]c(=O)c2[nH]1. The van der Waals surface area contributed by atoms with Crippen molar-refractivity contribution in [3.8, 4) is 0 Å². The van der Waals surface area contributed by atoms with Gasteiger partial charge in [0.1, 0.15) is 5.82 Å². The highest BCUT2D eigenvalue weighted by atomic mass is 16.1. The third kappa shape index (κ3) is 2.14. The van der Waals surface area contributed by atoms with Crippen molar-refractivity contribution in [2.24, 2.45) is 5.73 Å². The highest BCUT2D eigenvalue weighted by Gasteiger charge is 2.15. The summed E-state index contributed by atoms with van der Waals surface area (Å²) in [6.07, 6.45) is 1.93. The summed E-state index contributed by atoms with van der Waals surface area (Å²) in [6, 6.07) is 0. The van der Waals surface area contributed by atoms with Gasteiger partial charge >= 0.3 is 0 Å². The van der Waals surface area contributed by atoms with E-state index in [0.717, 1.165) is 12.8 Å². The van der Waals surface area contributed by atoms with Gasteiger partial charge in [0.2, 0.25) is 5.95 Å². The van der Waals surface area contributed by atoms with E-state index in [-0.39, 0.29) is 17.4 Å². The third-order valence-corrected chi connectivity index (χ3v) is 2.71. The summed E-state index contributed by atoms with van der Waals surface area (Å²) in [5, 5.41) is 0. The molecule has 0 amide bonds. The number of aromatic nitrogens is 4. The Morgan fingerprint density at radius 2 is 2.12 bits per heavy atom. The second-order valence-electron chi connectivity index (χ2n) is 3.99. The van der Waals surface area contributed by atoms with Gasteiger partial charge in [-0.05, 0) is 6.42 Å². The molecule has 1 unspecified atom stereocenters. The maximum atomic E-state index is 11.6. The lowest BCUT2D eigenvalue weighted by atomic mass is 10.0. The zero-order valence-corrected chi connectivity index (χ0v) is 9.66. The molecular weight excluding hydrogens is 220 g/mol. The van der Waals surface area contributed by atoms with Gasteiger partial charge in [0.25, 0.3) is 5.56 Å². The highest BCUT2D eigenvalue weighted by molar-refractivity contribution is 5.70. The monoisotopic (exact) mass is 236 g/mol. The number of nitrogen functional groups attached to an aromatic ring is 1. The first kappa shape index (κ1) is 11.6. The van der Waals surface area contributed by atoms with Gasteiger partial charge in [-0.15, -0.1) is 0 Å². The van der Waals surface area contributed by atoms with Crippen molar-refractivity contribution in [2.45, 2.75) is 25.7 Å². The van der Waals surface area contributed by atoms with Gasteiger partial charge in [0.15, 0.2) is 11.2 Å². The summed E-state index contributed by atoms with van der Waals surface area (Å²) in [7, 11) is 0. The Morgan fingerprint density at radius 1 is 1.35 bits per heavy atom. The van der Waals surface area contributed by atoms with Gasteiger partial charge in [-0.25, -0.2) is 4.98 Å². The molecule has 0 radical (unpaired) electrons. The van der Waals surface area contributed by atoms with Crippen molar-refractivity contribution in [1.82, 2.24) is 19.9 Å². The third-order valence-electron chi connectivity index (χ3n) is 2.71. The Bertz CT molecular complexity index is 572. The lowest BCUT2D eigenvalue weighted by molar-refractivity contribution is 0.596. The van der Waals surface area contributed by atoms with Crippen molar-refractivity contribution >= 4 is 17.1 Å². The van der Waals surface area contributed by atoms with Crippen molar-refractivity contribution in [2.75, 3.05) is 12.3 Å². The van der Waals surface area contributed by atoms with Crippen LogP contribution in [0.15, 0.2) is 4.79 Å². The summed E-state index contributed by atoms with van der Waals surface area (Å²) < 4.78 is 0. The number of nitrogens with zero attached hydrogens (tertiary/aromatic N) is 2. The molecule has 0 spiro atoms. The first-order valence-electron chi connectivity index (χ1n) is 5.61. The molecule has 2 heterocycles. The zero-order chi connectivity index (χ0) is 12.4. The molecule has 2 aromatic rings. The van der Waals surface area contributed by atoms with Crippen LogP contribution in [0.25, 0.3) is 11.2 Å². The summed E-state index contributed by atoms with van der Waals surface area (Å²) in [5.41, 5.74) is 11.5. The van der Waals surface area contributed by atoms with Crippen LogP contribution in [0.3, 0.4) is 0 Å². The summed E-state index contributed by atoms with van der Waals surface area (Å²) >= 11 is 0. The molecule has 0 aliphatic carbocycles. The van der Waals surface area contributed by atoms with Crippen LogP contribution in [-0.2, 0) is 0 Å². The molecule has 0 aliphatic heterocycles. The molecule has 2 aromatic heterocycles. The molecule has 92 valence electrons. The quantitative estimate of drug-likeness (QED) is 0.597. The average Bonchev–Trinajstić information content (AvgIpc) is 2.69. The van der Waals surface area contributed by atoms with Gasteiger partial charge in [-0.3, -0.25) is 9.78 Å². The molecule has 2 rings (SSSR count). The summed E-state index contributed by atoms with van der Waals surface area (Å²) in [5.74, 6) is 0.892. The fraction of sp³-hybridized carbons (Fsp3) is 0.500. The van der Waals surface area contributed by atoms with E-state index in [2.05, 4.69) is 26.9 Å². The predicted octanol–water partition coefficient (Wildman–Crippen LogP) is 0.0708. The molecule has 17 heavy (non-hydrogen) atoms. The van der Waals surface area contributed by atoms with E-state index in [9.17, 15) is 4.79 Å². The Balaban J connectivity index is 2.50. The number of aromatic amines is 2. The fourth-order valence-electron chi connectivity index (χ4n) is 1.85. The number of H-pyrrole nitrogens is 2. The van der Waals surface area contributed by atoms with E-state index in [1.165, 1.54) is 0 Å². The molecular formula is C10H16N6O. The maximum Gasteiger partial charge on any atom is 0.278 e. The van der Waals surface area contributed by atoms with Crippen molar-refractivity contribution in [3.63, 3.8) is 0 Å². The lowest BCUT2D eigenvalue weighted by Crippen LogP contribution is -2.14. The maximum absolute atomic E-state index is 11.6. The van der Waals surface area contributed by atoms with E-state index in [4.69, 9.17) is 11.5 Å². The van der Waals surface area contributed by atoms with E-state index < -0.39 is 0 Å². The van der Waals surface area contributed by atoms with E-state index in [1.54, 1.807) is 0 Å². The summed E-state index contributed by atoms with van der Waals surface area (Å²) in [6.45, 7) is 2.56. The Hall–Kier alpha value is -1.89. The van der Waals surface area contributed by atoms with Gasteiger partial charge in [-0.2, -0.15) is 4.98 Å². The van der Waals surface area contributed by atoms with Crippen LogP contribution in [0, 0.1) is 0 Å². The number of hydrogen-bond donors (Lipinski definition) is 4. The number of imidazole rings is 1. The van der Waals surface area contributed by atoms with Crippen LogP contribution in [0.1, 0.15) is 31.5 Å². The largest absolute Gasteiger partial charge is 0.369 e. The molecule has 0 fully saturated rings. The van der Waals surface area contributed by atoms with Gasteiger partial charge < -0.3 is 16.5 Å². The molecule has 0 bridgehead atoms. The number of rotatable bonds is 4. The lowest BCUT2D eigenvalue weighted by Gasteiger charge is -2.09. The molecule has 6 N–H and O–H groups in total. The number of nitrogens with two attached hydrogens (primary N) is 2. The van der Waals surface area contributed by atoms with Gasteiger partial charge in [-0.1, -0.05) is 13.3 Å². The smallest absolute Gasteiger partial charge is 0.278 e. The molecule has 0 aliphatic rings. The standard InChI is InChI=1S/C10H16N6O/c1-2-3-5(4-11)7-13-6-8(14-7)15-10(12)16-9(6)17/h5H,2-4,11H2,1H3,(H4,12,13,14,15,16,17). The van der Waals surface area contributed by atoms with Crippen LogP contribution in [0.4, 0.5) is 5.95 Å². The number of hydrogen-bond acceptors (Lipinski definition) is 5.